The number of hydrogen-bond donors (Lipinski definition) is 4. The lowest BCUT2D eigenvalue weighted by molar-refractivity contribution is -0.237. The van der Waals surface area contributed by atoms with E-state index in [0.717, 1.165) is 19.3 Å². The summed E-state index contributed by atoms with van der Waals surface area (Å²) < 4.78 is 16.4. The average Bonchev–Trinajstić information content (AvgIpc) is 3.09. The quantitative estimate of drug-likeness (QED) is 0.348. The zero-order valence-corrected chi connectivity index (χ0v) is 16.0. The van der Waals surface area contributed by atoms with Gasteiger partial charge in [-0.1, -0.05) is 6.42 Å². The van der Waals surface area contributed by atoms with Gasteiger partial charge < -0.3 is 40.2 Å². The van der Waals surface area contributed by atoms with Gasteiger partial charge in [0, 0.05) is 26.7 Å². The van der Waals surface area contributed by atoms with E-state index in [-0.39, 0.29) is 31.3 Å². The van der Waals surface area contributed by atoms with Crippen LogP contribution in [-0.4, -0.2) is 96.3 Å². The summed E-state index contributed by atoms with van der Waals surface area (Å²) in [7, 11) is 1.62. The van der Waals surface area contributed by atoms with Crippen LogP contribution in [0.5, 0.6) is 0 Å². The molecular formula is C18H34N2O7. The maximum Gasteiger partial charge on any atom is 0.222 e. The third-order valence-corrected chi connectivity index (χ3v) is 5.34. The van der Waals surface area contributed by atoms with Crippen molar-refractivity contribution in [3.8, 4) is 0 Å². The highest BCUT2D eigenvalue weighted by Crippen LogP contribution is 2.22. The first-order chi connectivity index (χ1) is 13.0. The second-order valence-corrected chi connectivity index (χ2v) is 7.35. The Labute approximate surface area is 160 Å². The molecule has 0 aliphatic carbocycles. The van der Waals surface area contributed by atoms with Crippen molar-refractivity contribution < 1.29 is 34.3 Å². The number of rotatable bonds is 10. The number of carbonyl (C=O) groups is 1. The van der Waals surface area contributed by atoms with Gasteiger partial charge in [0.1, 0.15) is 6.10 Å². The Kier molecular flexibility index (Phi) is 9.37. The molecule has 27 heavy (non-hydrogen) atoms. The molecule has 0 radical (unpaired) electrons. The standard InChI is InChI=1S/C18H34N2O7/c1-25-13-7-12(10-21)20(9-13)17(24)5-3-2-4-6-26-18-14(19)8-15(23)16(11-22)27-18/h12-16,18,21-23H,2-11,19H2,1H3/t12-,13+,14?,15?,16?,18?/m0/s1. The largest absolute Gasteiger partial charge is 0.394 e. The molecule has 9 heteroatoms. The highest BCUT2D eigenvalue weighted by Gasteiger charge is 2.36. The number of unbranched alkanes of at least 4 members (excludes halogenated alkanes) is 2. The predicted molar refractivity (Wildman–Crippen MR) is 96.8 cm³/mol. The highest BCUT2D eigenvalue weighted by atomic mass is 16.7. The van der Waals surface area contributed by atoms with Crippen molar-refractivity contribution >= 4 is 5.91 Å². The van der Waals surface area contributed by atoms with E-state index in [1.165, 1.54) is 0 Å². The monoisotopic (exact) mass is 390 g/mol. The first-order valence-corrected chi connectivity index (χ1v) is 9.74. The van der Waals surface area contributed by atoms with Crippen LogP contribution in [0.1, 0.15) is 38.5 Å². The first kappa shape index (κ1) is 22.5. The Morgan fingerprint density at radius 2 is 2.00 bits per heavy atom. The van der Waals surface area contributed by atoms with Crippen molar-refractivity contribution in [3.05, 3.63) is 0 Å². The zero-order valence-electron chi connectivity index (χ0n) is 16.0. The Bertz CT molecular complexity index is 453. The van der Waals surface area contributed by atoms with Gasteiger partial charge in [0.05, 0.1) is 37.5 Å². The molecule has 6 atom stereocenters. The Balaban J connectivity index is 1.60. The van der Waals surface area contributed by atoms with E-state index in [1.54, 1.807) is 12.0 Å². The molecular weight excluding hydrogens is 356 g/mol. The SMILES string of the molecule is CO[C@@H]1C[C@@H](CO)N(C(=O)CCCCCOC2OC(CO)C(O)CC2N)C1. The zero-order chi connectivity index (χ0) is 19.8. The van der Waals surface area contributed by atoms with Gasteiger partial charge in [-0.3, -0.25) is 4.79 Å². The van der Waals surface area contributed by atoms with Crippen LogP contribution in [0, 0.1) is 0 Å². The molecule has 5 N–H and O–H groups in total. The maximum atomic E-state index is 12.3. The second kappa shape index (κ2) is 11.3. The molecule has 0 spiro atoms. The van der Waals surface area contributed by atoms with E-state index in [9.17, 15) is 20.1 Å². The molecule has 9 nitrogen and oxygen atoms in total. The van der Waals surface area contributed by atoms with Crippen molar-refractivity contribution in [2.45, 2.75) is 75.2 Å². The topological polar surface area (TPSA) is 135 Å². The minimum absolute atomic E-state index is 0.000432. The van der Waals surface area contributed by atoms with Crippen LogP contribution in [0.2, 0.25) is 0 Å². The third-order valence-electron chi connectivity index (χ3n) is 5.34. The highest BCUT2D eigenvalue weighted by molar-refractivity contribution is 5.76. The van der Waals surface area contributed by atoms with Crippen LogP contribution >= 0.6 is 0 Å². The number of likely N-dealkylation sites (tertiary alicyclic amines) is 1. The van der Waals surface area contributed by atoms with Gasteiger partial charge in [0.25, 0.3) is 0 Å². The van der Waals surface area contributed by atoms with E-state index < -0.39 is 24.5 Å². The Hall–Kier alpha value is -0.810. The minimum atomic E-state index is -0.776. The molecule has 2 aliphatic rings. The molecule has 0 saturated carbocycles. The van der Waals surface area contributed by atoms with E-state index in [0.29, 0.717) is 32.4 Å². The molecule has 0 aromatic carbocycles. The number of amides is 1. The van der Waals surface area contributed by atoms with Crippen molar-refractivity contribution in [3.63, 3.8) is 0 Å². The average molecular weight is 390 g/mol. The Morgan fingerprint density at radius 3 is 2.67 bits per heavy atom. The van der Waals surface area contributed by atoms with Crippen molar-refractivity contribution in [2.24, 2.45) is 5.73 Å². The molecule has 0 aromatic heterocycles. The number of carbonyl (C=O) groups excluding carboxylic acids is 1. The molecule has 2 saturated heterocycles. The number of methoxy groups -OCH3 is 1. The number of nitrogens with two attached hydrogens (primary N) is 1. The lowest BCUT2D eigenvalue weighted by Gasteiger charge is -2.36. The van der Waals surface area contributed by atoms with Gasteiger partial charge in [-0.05, 0) is 25.7 Å². The van der Waals surface area contributed by atoms with Crippen LogP contribution in [0.15, 0.2) is 0 Å². The van der Waals surface area contributed by atoms with E-state index >= 15 is 0 Å². The molecule has 4 unspecified atom stereocenters. The number of ether oxygens (including phenoxy) is 3. The molecule has 1 amide bonds. The number of nitrogens with zero attached hydrogens (tertiary/aromatic N) is 1. The lowest BCUT2D eigenvalue weighted by Crippen LogP contribution is -2.53. The number of hydrogen-bond acceptors (Lipinski definition) is 8. The van der Waals surface area contributed by atoms with Crippen LogP contribution in [0.25, 0.3) is 0 Å². The fourth-order valence-corrected chi connectivity index (χ4v) is 3.65. The maximum absolute atomic E-state index is 12.3. The van der Waals surface area contributed by atoms with Gasteiger partial charge in [-0.25, -0.2) is 0 Å². The third kappa shape index (κ3) is 6.35. The first-order valence-electron chi connectivity index (χ1n) is 9.74. The molecule has 2 fully saturated rings. The summed E-state index contributed by atoms with van der Waals surface area (Å²) >= 11 is 0. The fraction of sp³-hybridized carbons (Fsp3) is 0.944. The van der Waals surface area contributed by atoms with Gasteiger partial charge in [0.15, 0.2) is 6.29 Å². The van der Waals surface area contributed by atoms with Crippen molar-refractivity contribution in [1.29, 1.82) is 0 Å². The van der Waals surface area contributed by atoms with E-state index in [2.05, 4.69) is 0 Å². The summed E-state index contributed by atoms with van der Waals surface area (Å²) in [6.45, 7) is 0.670. The minimum Gasteiger partial charge on any atom is -0.394 e. The summed E-state index contributed by atoms with van der Waals surface area (Å²) in [6, 6.07) is -0.575. The van der Waals surface area contributed by atoms with E-state index in [4.69, 9.17) is 19.9 Å². The lowest BCUT2D eigenvalue weighted by atomic mass is 10.0. The van der Waals surface area contributed by atoms with Gasteiger partial charge in [0.2, 0.25) is 5.91 Å². The summed E-state index contributed by atoms with van der Waals surface area (Å²) in [6.07, 6.45) is 1.70. The second-order valence-electron chi connectivity index (χ2n) is 7.35. The van der Waals surface area contributed by atoms with Gasteiger partial charge in [-0.15, -0.1) is 0 Å². The van der Waals surface area contributed by atoms with Gasteiger partial charge in [-0.2, -0.15) is 0 Å². The van der Waals surface area contributed by atoms with Gasteiger partial charge >= 0.3 is 0 Å². The number of aliphatic hydroxyl groups excluding tert-OH is 3. The summed E-state index contributed by atoms with van der Waals surface area (Å²) in [5.74, 6) is 0.0481. The van der Waals surface area contributed by atoms with Crippen molar-refractivity contribution in [2.75, 3.05) is 33.5 Å². The van der Waals surface area contributed by atoms with E-state index in [1.807, 2.05) is 0 Å². The molecule has 0 aromatic rings. The summed E-state index contributed by atoms with van der Waals surface area (Å²) in [5.41, 5.74) is 5.91. The number of aliphatic hydroxyl groups is 3. The van der Waals surface area contributed by atoms with Crippen LogP contribution in [0.4, 0.5) is 0 Å². The van der Waals surface area contributed by atoms with Crippen LogP contribution in [0.3, 0.4) is 0 Å². The Morgan fingerprint density at radius 1 is 1.22 bits per heavy atom. The van der Waals surface area contributed by atoms with Crippen LogP contribution in [-0.2, 0) is 19.0 Å². The summed E-state index contributed by atoms with van der Waals surface area (Å²) in [4.78, 5) is 14.1. The predicted octanol–water partition coefficient (Wildman–Crippen LogP) is -1.03. The molecule has 2 aliphatic heterocycles. The summed E-state index contributed by atoms with van der Waals surface area (Å²) in [5, 5.41) is 28.3. The fourth-order valence-electron chi connectivity index (χ4n) is 3.65. The van der Waals surface area contributed by atoms with Crippen molar-refractivity contribution in [1.82, 2.24) is 4.90 Å². The van der Waals surface area contributed by atoms with Crippen LogP contribution < -0.4 is 5.73 Å². The molecule has 158 valence electrons. The molecule has 0 bridgehead atoms. The molecule has 2 heterocycles. The molecule has 2 rings (SSSR count). The normalized spacial score (nSPS) is 34.2. The smallest absolute Gasteiger partial charge is 0.222 e.